The second kappa shape index (κ2) is 6.54. The number of aromatic carboxylic acids is 1. The van der Waals surface area contributed by atoms with Gasteiger partial charge in [0.15, 0.2) is 0 Å². The van der Waals surface area contributed by atoms with Gasteiger partial charge in [0.05, 0.1) is 5.56 Å². The van der Waals surface area contributed by atoms with Gasteiger partial charge in [-0.3, -0.25) is 0 Å². The zero-order valence-electron chi connectivity index (χ0n) is 11.4. The van der Waals surface area contributed by atoms with E-state index in [-0.39, 0.29) is 12.2 Å². The highest BCUT2D eigenvalue weighted by Gasteiger charge is 2.11. The van der Waals surface area contributed by atoms with Crippen molar-refractivity contribution in [2.24, 2.45) is 5.73 Å². The van der Waals surface area contributed by atoms with E-state index >= 15 is 0 Å². The fraction of sp³-hybridized carbons (Fsp3) is 0.400. The van der Waals surface area contributed by atoms with Crippen LogP contribution in [-0.4, -0.2) is 33.9 Å². The summed E-state index contributed by atoms with van der Waals surface area (Å²) in [5.41, 5.74) is 7.93. The molecule has 1 aromatic heterocycles. The fourth-order valence-electron chi connectivity index (χ4n) is 2.42. The number of nitrogens with zero attached hydrogens (tertiary/aromatic N) is 1. The van der Waals surface area contributed by atoms with Gasteiger partial charge in [0, 0.05) is 30.3 Å². The molecule has 0 saturated carbocycles. The summed E-state index contributed by atoms with van der Waals surface area (Å²) in [5.74, 6) is -0.926. The minimum Gasteiger partial charge on any atom is -0.478 e. The van der Waals surface area contributed by atoms with Crippen LogP contribution in [0.3, 0.4) is 0 Å². The van der Waals surface area contributed by atoms with E-state index in [1.807, 2.05) is 16.8 Å². The highest BCUT2D eigenvalue weighted by Crippen LogP contribution is 2.24. The Morgan fingerprint density at radius 3 is 2.75 bits per heavy atom. The molecular formula is C15H20N2O3. The lowest BCUT2D eigenvalue weighted by Crippen LogP contribution is -2.00. The van der Waals surface area contributed by atoms with Gasteiger partial charge in [-0.15, -0.1) is 0 Å². The van der Waals surface area contributed by atoms with E-state index < -0.39 is 5.97 Å². The van der Waals surface area contributed by atoms with Gasteiger partial charge >= 0.3 is 5.97 Å². The number of carbonyl (C=O) groups is 1. The van der Waals surface area contributed by atoms with Crippen molar-refractivity contribution in [3.8, 4) is 0 Å². The summed E-state index contributed by atoms with van der Waals surface area (Å²) in [7, 11) is 0. The molecule has 4 N–H and O–H groups in total. The summed E-state index contributed by atoms with van der Waals surface area (Å²) in [6.45, 7) is 1.44. The molecule has 2 rings (SSSR count). The standard InChI is InChI=1S/C15H20N2O3/c16-6-1-3-12-10-17(7-2-8-18)14-9-11(15(19)20)4-5-13(12)14/h4-5,9-10,18H,1-3,6-8,16H2,(H,19,20). The van der Waals surface area contributed by atoms with Gasteiger partial charge in [0.2, 0.25) is 0 Å². The Balaban J connectivity index is 2.45. The minimum absolute atomic E-state index is 0.121. The molecule has 0 fully saturated rings. The first-order valence-corrected chi connectivity index (χ1v) is 6.83. The number of hydrogen-bond acceptors (Lipinski definition) is 3. The summed E-state index contributed by atoms with van der Waals surface area (Å²) in [5, 5.41) is 19.1. The van der Waals surface area contributed by atoms with Gasteiger partial charge in [-0.25, -0.2) is 4.79 Å². The summed E-state index contributed by atoms with van der Waals surface area (Å²) in [6.07, 6.45) is 4.48. The monoisotopic (exact) mass is 276 g/mol. The Morgan fingerprint density at radius 1 is 1.30 bits per heavy atom. The van der Waals surface area contributed by atoms with E-state index in [9.17, 15) is 4.79 Å². The third-order valence-electron chi connectivity index (χ3n) is 3.42. The first-order chi connectivity index (χ1) is 9.67. The topological polar surface area (TPSA) is 88.5 Å². The van der Waals surface area contributed by atoms with E-state index in [0.29, 0.717) is 19.5 Å². The smallest absolute Gasteiger partial charge is 0.335 e. The summed E-state index contributed by atoms with van der Waals surface area (Å²) >= 11 is 0. The fourth-order valence-corrected chi connectivity index (χ4v) is 2.42. The number of rotatable bonds is 7. The molecule has 0 aliphatic rings. The summed E-state index contributed by atoms with van der Waals surface area (Å²) in [4.78, 5) is 11.1. The predicted molar refractivity (Wildman–Crippen MR) is 78.0 cm³/mol. The predicted octanol–water partition coefficient (Wildman–Crippen LogP) is 1.61. The first kappa shape index (κ1) is 14.6. The second-order valence-corrected chi connectivity index (χ2v) is 4.85. The van der Waals surface area contributed by atoms with Crippen LogP contribution in [0, 0.1) is 0 Å². The van der Waals surface area contributed by atoms with Crippen LogP contribution >= 0.6 is 0 Å². The zero-order valence-corrected chi connectivity index (χ0v) is 11.4. The van der Waals surface area contributed by atoms with Crippen LogP contribution in [0.15, 0.2) is 24.4 Å². The maximum absolute atomic E-state index is 11.1. The molecule has 5 nitrogen and oxygen atoms in total. The second-order valence-electron chi connectivity index (χ2n) is 4.85. The minimum atomic E-state index is -0.926. The van der Waals surface area contributed by atoms with Crippen LogP contribution in [-0.2, 0) is 13.0 Å². The normalized spacial score (nSPS) is 11.1. The lowest BCUT2D eigenvalue weighted by molar-refractivity contribution is 0.0697. The molecule has 0 atom stereocenters. The van der Waals surface area contributed by atoms with E-state index in [2.05, 4.69) is 0 Å². The van der Waals surface area contributed by atoms with Gasteiger partial charge in [0.25, 0.3) is 0 Å². The number of aryl methyl sites for hydroxylation is 2. The number of carboxylic acid groups (broad SMARTS) is 1. The van der Waals surface area contributed by atoms with Crippen LogP contribution in [0.25, 0.3) is 10.9 Å². The number of nitrogens with two attached hydrogens (primary N) is 1. The van der Waals surface area contributed by atoms with Crippen molar-refractivity contribution in [2.45, 2.75) is 25.8 Å². The molecule has 0 saturated heterocycles. The highest BCUT2D eigenvalue weighted by atomic mass is 16.4. The van der Waals surface area contributed by atoms with Crippen molar-refractivity contribution >= 4 is 16.9 Å². The number of benzene rings is 1. The quantitative estimate of drug-likeness (QED) is 0.717. The van der Waals surface area contributed by atoms with Crippen molar-refractivity contribution in [3.63, 3.8) is 0 Å². The van der Waals surface area contributed by atoms with Crippen LogP contribution in [0.5, 0.6) is 0 Å². The molecule has 0 bridgehead atoms. The molecule has 20 heavy (non-hydrogen) atoms. The molecule has 2 aromatic rings. The maximum atomic E-state index is 11.1. The number of aliphatic hydroxyl groups excluding tert-OH is 1. The van der Waals surface area contributed by atoms with Gasteiger partial charge in [0.1, 0.15) is 0 Å². The largest absolute Gasteiger partial charge is 0.478 e. The van der Waals surface area contributed by atoms with E-state index in [4.69, 9.17) is 15.9 Å². The average molecular weight is 276 g/mol. The van der Waals surface area contributed by atoms with Crippen molar-refractivity contribution < 1.29 is 15.0 Å². The first-order valence-electron chi connectivity index (χ1n) is 6.83. The van der Waals surface area contributed by atoms with Gasteiger partial charge in [-0.05, 0) is 43.5 Å². The van der Waals surface area contributed by atoms with Gasteiger partial charge in [-0.2, -0.15) is 0 Å². The Labute approximate surface area is 117 Å². The number of aromatic nitrogens is 1. The van der Waals surface area contributed by atoms with E-state index in [0.717, 1.165) is 23.7 Å². The zero-order chi connectivity index (χ0) is 14.5. The van der Waals surface area contributed by atoms with Crippen LogP contribution < -0.4 is 5.73 Å². The SMILES string of the molecule is NCCCc1cn(CCCO)c2cc(C(=O)O)ccc12. The highest BCUT2D eigenvalue weighted by molar-refractivity contribution is 5.94. The molecule has 5 heteroatoms. The molecule has 0 aliphatic carbocycles. The molecule has 108 valence electrons. The number of aliphatic hydroxyl groups is 1. The van der Waals surface area contributed by atoms with Crippen molar-refractivity contribution in [1.29, 1.82) is 0 Å². The maximum Gasteiger partial charge on any atom is 0.335 e. The van der Waals surface area contributed by atoms with Crippen LogP contribution in [0.1, 0.15) is 28.8 Å². The molecule has 0 amide bonds. The number of hydrogen-bond donors (Lipinski definition) is 3. The number of carboxylic acids is 1. The van der Waals surface area contributed by atoms with Crippen molar-refractivity contribution in [1.82, 2.24) is 4.57 Å². The molecule has 1 aromatic carbocycles. The Bertz CT molecular complexity index is 604. The summed E-state index contributed by atoms with van der Waals surface area (Å²) < 4.78 is 2.02. The van der Waals surface area contributed by atoms with Crippen LogP contribution in [0.2, 0.25) is 0 Å². The van der Waals surface area contributed by atoms with Crippen molar-refractivity contribution in [3.05, 3.63) is 35.5 Å². The Hall–Kier alpha value is -1.85. The molecule has 0 spiro atoms. The lowest BCUT2D eigenvalue weighted by atomic mass is 10.1. The Morgan fingerprint density at radius 2 is 2.10 bits per heavy atom. The average Bonchev–Trinajstić information content (AvgIpc) is 2.80. The lowest BCUT2D eigenvalue weighted by Gasteiger charge is -2.04. The summed E-state index contributed by atoms with van der Waals surface area (Å²) in [6, 6.07) is 5.19. The van der Waals surface area contributed by atoms with Gasteiger partial charge < -0.3 is 20.5 Å². The molecule has 0 aliphatic heterocycles. The van der Waals surface area contributed by atoms with Crippen LogP contribution in [0.4, 0.5) is 0 Å². The van der Waals surface area contributed by atoms with E-state index in [1.165, 1.54) is 5.56 Å². The van der Waals surface area contributed by atoms with Crippen molar-refractivity contribution in [2.75, 3.05) is 13.2 Å². The molecule has 0 radical (unpaired) electrons. The third-order valence-corrected chi connectivity index (χ3v) is 3.42. The molecule has 1 heterocycles. The number of fused-ring (bicyclic) bond motifs is 1. The third kappa shape index (κ3) is 3.00. The van der Waals surface area contributed by atoms with E-state index in [1.54, 1.807) is 12.1 Å². The van der Waals surface area contributed by atoms with Gasteiger partial charge in [-0.1, -0.05) is 6.07 Å². The molecular weight excluding hydrogens is 256 g/mol. The Kier molecular flexibility index (Phi) is 4.76. The molecule has 0 unspecified atom stereocenters.